The first-order valence-electron chi connectivity index (χ1n) is 7.97. The van der Waals surface area contributed by atoms with Gasteiger partial charge in [0.25, 0.3) is 5.91 Å². The predicted octanol–water partition coefficient (Wildman–Crippen LogP) is 3.48. The Balaban J connectivity index is 1.64. The van der Waals surface area contributed by atoms with Gasteiger partial charge < -0.3 is 19.5 Å². The molecule has 1 aliphatic rings. The molecular formula is C19H21NO4. The zero-order valence-corrected chi connectivity index (χ0v) is 14.1. The summed E-state index contributed by atoms with van der Waals surface area (Å²) in [6.45, 7) is 6.83. The quantitative estimate of drug-likeness (QED) is 0.934. The van der Waals surface area contributed by atoms with Crippen LogP contribution in [0.15, 0.2) is 36.4 Å². The van der Waals surface area contributed by atoms with Crippen molar-refractivity contribution < 1.29 is 19.0 Å². The van der Waals surface area contributed by atoms with Crippen molar-refractivity contribution >= 4 is 11.6 Å². The number of amides is 1. The van der Waals surface area contributed by atoms with Crippen LogP contribution in [-0.4, -0.2) is 25.2 Å². The van der Waals surface area contributed by atoms with E-state index in [0.717, 1.165) is 5.56 Å². The zero-order chi connectivity index (χ0) is 17.1. The van der Waals surface area contributed by atoms with Crippen LogP contribution in [0.25, 0.3) is 0 Å². The number of fused-ring (bicyclic) bond motifs is 1. The molecule has 5 nitrogen and oxygen atoms in total. The molecule has 1 heterocycles. The summed E-state index contributed by atoms with van der Waals surface area (Å²) in [5, 5.41) is 2.84. The Morgan fingerprint density at radius 3 is 2.54 bits per heavy atom. The molecule has 24 heavy (non-hydrogen) atoms. The molecule has 1 aliphatic heterocycles. The first kappa shape index (κ1) is 16.2. The zero-order valence-electron chi connectivity index (χ0n) is 14.1. The number of hydrogen-bond acceptors (Lipinski definition) is 4. The molecule has 1 atom stereocenters. The predicted molar refractivity (Wildman–Crippen MR) is 92.1 cm³/mol. The molecule has 0 bridgehead atoms. The maximum atomic E-state index is 12.3. The molecule has 1 amide bonds. The summed E-state index contributed by atoms with van der Waals surface area (Å²) in [5.74, 6) is 1.80. The molecule has 0 aliphatic carbocycles. The molecule has 0 saturated carbocycles. The van der Waals surface area contributed by atoms with Crippen molar-refractivity contribution in [2.45, 2.75) is 26.9 Å². The van der Waals surface area contributed by atoms with E-state index in [0.29, 0.717) is 36.1 Å². The van der Waals surface area contributed by atoms with Crippen LogP contribution in [0.4, 0.5) is 5.69 Å². The largest absolute Gasteiger partial charge is 0.486 e. The highest BCUT2D eigenvalue weighted by Gasteiger charge is 2.17. The standard InChI is InChI=1S/C19H21NO4/c1-12-4-6-16(10-13(12)2)24-14(3)19(21)20-15-5-7-17-18(11-15)23-9-8-22-17/h4-7,10-11,14H,8-9H2,1-3H3,(H,20,21)/t14-/m0/s1. The van der Waals surface area contributed by atoms with Gasteiger partial charge in [-0.1, -0.05) is 6.07 Å². The Hall–Kier alpha value is -2.69. The van der Waals surface area contributed by atoms with E-state index in [1.54, 1.807) is 25.1 Å². The fourth-order valence-corrected chi connectivity index (χ4v) is 2.41. The topological polar surface area (TPSA) is 56.8 Å². The van der Waals surface area contributed by atoms with E-state index in [4.69, 9.17) is 14.2 Å². The lowest BCUT2D eigenvalue weighted by Gasteiger charge is -2.20. The Bertz CT molecular complexity index is 757. The Kier molecular flexibility index (Phi) is 4.60. The molecule has 0 spiro atoms. The number of carbonyl (C=O) groups excluding carboxylic acids is 1. The fourth-order valence-electron chi connectivity index (χ4n) is 2.41. The van der Waals surface area contributed by atoms with Crippen molar-refractivity contribution in [1.29, 1.82) is 0 Å². The van der Waals surface area contributed by atoms with Gasteiger partial charge in [0.1, 0.15) is 19.0 Å². The highest BCUT2D eigenvalue weighted by Crippen LogP contribution is 2.32. The van der Waals surface area contributed by atoms with Crippen LogP contribution in [0, 0.1) is 13.8 Å². The van der Waals surface area contributed by atoms with Crippen LogP contribution >= 0.6 is 0 Å². The van der Waals surface area contributed by atoms with Gasteiger partial charge >= 0.3 is 0 Å². The van der Waals surface area contributed by atoms with Crippen molar-refractivity contribution in [2.24, 2.45) is 0 Å². The molecule has 2 aromatic rings. The van der Waals surface area contributed by atoms with Crippen molar-refractivity contribution in [3.8, 4) is 17.2 Å². The van der Waals surface area contributed by atoms with E-state index in [9.17, 15) is 4.79 Å². The lowest BCUT2D eigenvalue weighted by molar-refractivity contribution is -0.122. The lowest BCUT2D eigenvalue weighted by Crippen LogP contribution is -2.30. The summed E-state index contributed by atoms with van der Waals surface area (Å²) < 4.78 is 16.7. The van der Waals surface area contributed by atoms with Crippen LogP contribution < -0.4 is 19.5 Å². The fraction of sp³-hybridized carbons (Fsp3) is 0.316. The van der Waals surface area contributed by atoms with Crippen molar-refractivity contribution in [3.63, 3.8) is 0 Å². The average molecular weight is 327 g/mol. The molecule has 0 saturated heterocycles. The normalized spacial score (nSPS) is 14.0. The van der Waals surface area contributed by atoms with Gasteiger partial charge in [0, 0.05) is 11.8 Å². The number of nitrogens with one attached hydrogen (secondary N) is 1. The van der Waals surface area contributed by atoms with Crippen LogP contribution in [0.1, 0.15) is 18.1 Å². The third kappa shape index (κ3) is 3.62. The summed E-state index contributed by atoms with van der Waals surface area (Å²) in [5.41, 5.74) is 2.97. The van der Waals surface area contributed by atoms with Crippen molar-refractivity contribution in [1.82, 2.24) is 0 Å². The van der Waals surface area contributed by atoms with Crippen molar-refractivity contribution in [2.75, 3.05) is 18.5 Å². The van der Waals surface area contributed by atoms with Gasteiger partial charge in [-0.3, -0.25) is 4.79 Å². The van der Waals surface area contributed by atoms with Crippen LogP contribution in [0.5, 0.6) is 17.2 Å². The summed E-state index contributed by atoms with van der Waals surface area (Å²) in [6, 6.07) is 11.1. The first-order valence-corrected chi connectivity index (χ1v) is 7.97. The second-order valence-corrected chi connectivity index (χ2v) is 5.85. The summed E-state index contributed by atoms with van der Waals surface area (Å²) in [7, 11) is 0. The summed E-state index contributed by atoms with van der Waals surface area (Å²) in [4.78, 5) is 12.3. The summed E-state index contributed by atoms with van der Waals surface area (Å²) >= 11 is 0. The van der Waals surface area contributed by atoms with Crippen molar-refractivity contribution in [3.05, 3.63) is 47.5 Å². The minimum Gasteiger partial charge on any atom is -0.486 e. The molecule has 0 fully saturated rings. The molecule has 5 heteroatoms. The average Bonchev–Trinajstić information content (AvgIpc) is 2.58. The van der Waals surface area contributed by atoms with E-state index >= 15 is 0 Å². The highest BCUT2D eigenvalue weighted by atomic mass is 16.6. The number of ether oxygens (including phenoxy) is 3. The Morgan fingerprint density at radius 2 is 1.79 bits per heavy atom. The number of hydrogen-bond donors (Lipinski definition) is 1. The van der Waals surface area contributed by atoms with E-state index in [1.165, 1.54) is 5.56 Å². The van der Waals surface area contributed by atoms with Gasteiger partial charge in [-0.2, -0.15) is 0 Å². The maximum Gasteiger partial charge on any atom is 0.265 e. The molecule has 0 unspecified atom stereocenters. The molecule has 3 rings (SSSR count). The van der Waals surface area contributed by atoms with Gasteiger partial charge in [0.15, 0.2) is 17.6 Å². The SMILES string of the molecule is Cc1ccc(O[C@@H](C)C(=O)Nc2ccc3c(c2)OCCO3)cc1C. The third-order valence-corrected chi connectivity index (χ3v) is 3.97. The number of carbonyl (C=O) groups is 1. The smallest absolute Gasteiger partial charge is 0.265 e. The maximum absolute atomic E-state index is 12.3. The molecule has 2 aromatic carbocycles. The van der Waals surface area contributed by atoms with E-state index < -0.39 is 6.10 Å². The second kappa shape index (κ2) is 6.83. The molecular weight excluding hydrogens is 306 g/mol. The van der Waals surface area contributed by atoms with Gasteiger partial charge in [-0.15, -0.1) is 0 Å². The van der Waals surface area contributed by atoms with Gasteiger partial charge in [0.05, 0.1) is 0 Å². The van der Waals surface area contributed by atoms with E-state index in [1.807, 2.05) is 32.0 Å². The monoisotopic (exact) mass is 327 g/mol. The first-order chi connectivity index (χ1) is 11.5. The van der Waals surface area contributed by atoms with Crippen LogP contribution in [0.2, 0.25) is 0 Å². The number of anilines is 1. The third-order valence-electron chi connectivity index (χ3n) is 3.97. The molecule has 126 valence electrons. The van der Waals surface area contributed by atoms with E-state index in [-0.39, 0.29) is 5.91 Å². The Morgan fingerprint density at radius 1 is 1.04 bits per heavy atom. The minimum atomic E-state index is -0.611. The molecule has 0 radical (unpaired) electrons. The van der Waals surface area contributed by atoms with Gasteiger partial charge in [0.2, 0.25) is 0 Å². The number of aryl methyl sites for hydroxylation is 2. The van der Waals surface area contributed by atoms with Gasteiger partial charge in [-0.05, 0) is 56.2 Å². The van der Waals surface area contributed by atoms with Gasteiger partial charge in [-0.25, -0.2) is 0 Å². The summed E-state index contributed by atoms with van der Waals surface area (Å²) in [6.07, 6.45) is -0.611. The molecule has 1 N–H and O–H groups in total. The lowest BCUT2D eigenvalue weighted by atomic mass is 10.1. The Labute approximate surface area is 141 Å². The van der Waals surface area contributed by atoms with Crippen LogP contribution in [-0.2, 0) is 4.79 Å². The minimum absolute atomic E-state index is 0.218. The van der Waals surface area contributed by atoms with E-state index in [2.05, 4.69) is 5.32 Å². The highest BCUT2D eigenvalue weighted by molar-refractivity contribution is 5.94. The number of rotatable bonds is 4. The van der Waals surface area contributed by atoms with Crippen LogP contribution in [0.3, 0.4) is 0 Å². The molecule has 0 aromatic heterocycles. The second-order valence-electron chi connectivity index (χ2n) is 5.85. The number of benzene rings is 2.